The van der Waals surface area contributed by atoms with Crippen molar-refractivity contribution in [1.29, 1.82) is 0 Å². The second-order valence-electron chi connectivity index (χ2n) is 6.13. The smallest absolute Gasteiger partial charge is 0.242 e. The van der Waals surface area contributed by atoms with Gasteiger partial charge in [-0.15, -0.1) is 0 Å². The van der Waals surface area contributed by atoms with E-state index in [1.54, 1.807) is 19.9 Å². The first kappa shape index (κ1) is 16.3. The van der Waals surface area contributed by atoms with Gasteiger partial charge in [-0.2, -0.15) is 0 Å². The molecule has 6 heteroatoms. The Morgan fingerprint density at radius 1 is 1.24 bits per heavy atom. The second-order valence-corrected chi connectivity index (χ2v) is 7.84. The Labute approximate surface area is 126 Å². The molecule has 1 aliphatic carbocycles. The molecule has 21 heavy (non-hydrogen) atoms. The Bertz CT molecular complexity index is 620. The molecule has 0 saturated heterocycles. The van der Waals surface area contributed by atoms with Gasteiger partial charge in [-0.3, -0.25) is 0 Å². The number of sulfonamides is 1. The molecule has 2 rings (SSSR count). The Morgan fingerprint density at radius 3 is 2.38 bits per heavy atom. The van der Waals surface area contributed by atoms with E-state index in [1.165, 1.54) is 0 Å². The Morgan fingerprint density at radius 2 is 1.81 bits per heavy atom. The van der Waals surface area contributed by atoms with Crippen LogP contribution < -0.4 is 10.5 Å². The number of rotatable bonds is 5. The van der Waals surface area contributed by atoms with Crippen molar-refractivity contribution in [3.05, 3.63) is 23.3 Å². The van der Waals surface area contributed by atoms with Crippen molar-refractivity contribution < 1.29 is 13.5 Å². The average molecular weight is 312 g/mol. The summed E-state index contributed by atoms with van der Waals surface area (Å²) >= 11 is 0. The largest absolute Gasteiger partial charge is 0.397 e. The summed E-state index contributed by atoms with van der Waals surface area (Å²) in [7, 11) is -3.67. The van der Waals surface area contributed by atoms with Gasteiger partial charge in [0.1, 0.15) is 4.90 Å². The van der Waals surface area contributed by atoms with Crippen LogP contribution in [0.15, 0.2) is 17.0 Å². The second kappa shape index (κ2) is 5.94. The van der Waals surface area contributed by atoms with Crippen LogP contribution in [0, 0.1) is 19.3 Å². The molecule has 1 saturated carbocycles. The molecular formula is C15H24N2O3S. The molecule has 0 spiro atoms. The van der Waals surface area contributed by atoms with Crippen LogP contribution in [0.1, 0.15) is 36.8 Å². The van der Waals surface area contributed by atoms with Crippen molar-refractivity contribution in [2.24, 2.45) is 5.41 Å². The number of hydrogen-bond donors (Lipinski definition) is 3. The molecule has 0 radical (unpaired) electrons. The van der Waals surface area contributed by atoms with Crippen molar-refractivity contribution in [2.45, 2.75) is 44.4 Å². The molecule has 5 nitrogen and oxygen atoms in total. The fourth-order valence-electron chi connectivity index (χ4n) is 3.00. The third-order valence-electron chi connectivity index (χ3n) is 4.52. The fraction of sp³-hybridized carbons (Fsp3) is 0.600. The van der Waals surface area contributed by atoms with Crippen LogP contribution in [-0.4, -0.2) is 26.7 Å². The van der Waals surface area contributed by atoms with Gasteiger partial charge in [0, 0.05) is 18.6 Å². The Hall–Kier alpha value is -1.11. The van der Waals surface area contributed by atoms with E-state index in [0.717, 1.165) is 31.2 Å². The highest BCUT2D eigenvalue weighted by Gasteiger charge is 2.35. The maximum Gasteiger partial charge on any atom is 0.242 e. The molecule has 0 unspecified atom stereocenters. The SMILES string of the molecule is Cc1ccc(C)c(S(=O)(=O)NCC2(CO)CCCC2)c1N. The normalized spacial score (nSPS) is 18.0. The van der Waals surface area contributed by atoms with Gasteiger partial charge in [0.05, 0.1) is 5.69 Å². The van der Waals surface area contributed by atoms with Crippen LogP contribution in [0.3, 0.4) is 0 Å². The van der Waals surface area contributed by atoms with Crippen molar-refractivity contribution in [1.82, 2.24) is 4.72 Å². The van der Waals surface area contributed by atoms with Crippen LogP contribution >= 0.6 is 0 Å². The molecule has 1 aromatic rings. The predicted molar refractivity (Wildman–Crippen MR) is 83.5 cm³/mol. The van der Waals surface area contributed by atoms with Gasteiger partial charge in [0.2, 0.25) is 10.0 Å². The van der Waals surface area contributed by atoms with Crippen molar-refractivity contribution in [3.8, 4) is 0 Å². The molecule has 0 aliphatic heterocycles. The predicted octanol–water partition coefficient (Wildman–Crippen LogP) is 1.72. The summed E-state index contributed by atoms with van der Waals surface area (Å²) in [5.41, 5.74) is 7.31. The molecule has 0 amide bonds. The molecule has 1 fully saturated rings. The molecule has 118 valence electrons. The van der Waals surface area contributed by atoms with Gasteiger partial charge in [-0.25, -0.2) is 13.1 Å². The number of nitrogens with two attached hydrogens (primary N) is 1. The summed E-state index contributed by atoms with van der Waals surface area (Å²) < 4.78 is 27.8. The molecule has 0 heterocycles. The number of anilines is 1. The minimum Gasteiger partial charge on any atom is -0.397 e. The molecule has 1 aliphatic rings. The molecule has 0 atom stereocenters. The van der Waals surface area contributed by atoms with Crippen LogP contribution in [0.4, 0.5) is 5.69 Å². The standard InChI is InChI=1S/C15H24N2O3S/c1-11-5-6-12(2)14(13(11)16)21(19,20)17-9-15(10-18)7-3-4-8-15/h5-6,17-18H,3-4,7-10,16H2,1-2H3. The summed E-state index contributed by atoms with van der Waals surface area (Å²) in [6.45, 7) is 3.80. The molecular weight excluding hydrogens is 288 g/mol. The Kier molecular flexibility index (Phi) is 4.60. The molecule has 1 aromatic carbocycles. The van der Waals surface area contributed by atoms with Crippen LogP contribution in [0.2, 0.25) is 0 Å². The number of benzene rings is 1. The third kappa shape index (κ3) is 3.22. The zero-order chi connectivity index (χ0) is 15.7. The third-order valence-corrected chi connectivity index (χ3v) is 6.12. The molecule has 0 bridgehead atoms. The van der Waals surface area contributed by atoms with E-state index in [-0.39, 0.29) is 23.5 Å². The van der Waals surface area contributed by atoms with Crippen molar-refractivity contribution >= 4 is 15.7 Å². The highest BCUT2D eigenvalue weighted by Crippen LogP contribution is 2.37. The van der Waals surface area contributed by atoms with E-state index in [4.69, 9.17) is 5.73 Å². The first-order valence-electron chi connectivity index (χ1n) is 7.27. The zero-order valence-corrected chi connectivity index (χ0v) is 13.5. The highest BCUT2D eigenvalue weighted by molar-refractivity contribution is 7.89. The van der Waals surface area contributed by atoms with Gasteiger partial charge >= 0.3 is 0 Å². The highest BCUT2D eigenvalue weighted by atomic mass is 32.2. The van der Waals surface area contributed by atoms with Gasteiger partial charge < -0.3 is 10.8 Å². The number of aliphatic hydroxyl groups excluding tert-OH is 1. The summed E-state index contributed by atoms with van der Waals surface area (Å²) in [5, 5.41) is 9.58. The maximum atomic E-state index is 12.6. The fourth-order valence-corrected chi connectivity index (χ4v) is 4.58. The Balaban J connectivity index is 2.25. The first-order valence-corrected chi connectivity index (χ1v) is 8.76. The molecule has 4 N–H and O–H groups in total. The van der Waals surface area contributed by atoms with Gasteiger partial charge in [0.15, 0.2) is 0 Å². The van der Waals surface area contributed by atoms with E-state index in [2.05, 4.69) is 4.72 Å². The lowest BCUT2D eigenvalue weighted by atomic mass is 9.88. The number of nitrogens with one attached hydrogen (secondary N) is 1. The lowest BCUT2D eigenvalue weighted by Crippen LogP contribution is -2.38. The monoisotopic (exact) mass is 312 g/mol. The number of hydrogen-bond acceptors (Lipinski definition) is 4. The minimum absolute atomic E-state index is 0.0117. The summed E-state index contributed by atoms with van der Waals surface area (Å²) in [6, 6.07) is 3.58. The van der Waals surface area contributed by atoms with E-state index < -0.39 is 10.0 Å². The quantitative estimate of drug-likeness (QED) is 0.722. The van der Waals surface area contributed by atoms with E-state index in [1.807, 2.05) is 6.07 Å². The van der Waals surface area contributed by atoms with Crippen LogP contribution in [0.5, 0.6) is 0 Å². The van der Waals surface area contributed by atoms with Crippen molar-refractivity contribution in [3.63, 3.8) is 0 Å². The van der Waals surface area contributed by atoms with E-state index in [9.17, 15) is 13.5 Å². The van der Waals surface area contributed by atoms with Gasteiger partial charge in [-0.05, 0) is 37.8 Å². The van der Waals surface area contributed by atoms with Crippen LogP contribution in [-0.2, 0) is 10.0 Å². The first-order chi connectivity index (χ1) is 9.81. The van der Waals surface area contributed by atoms with E-state index >= 15 is 0 Å². The minimum atomic E-state index is -3.67. The number of aryl methyl sites for hydroxylation is 2. The zero-order valence-electron chi connectivity index (χ0n) is 12.6. The lowest BCUT2D eigenvalue weighted by molar-refractivity contribution is 0.134. The summed E-state index contributed by atoms with van der Waals surface area (Å²) in [5.74, 6) is 0. The van der Waals surface area contributed by atoms with Gasteiger partial charge in [-0.1, -0.05) is 25.0 Å². The van der Waals surface area contributed by atoms with Crippen molar-refractivity contribution in [2.75, 3.05) is 18.9 Å². The topological polar surface area (TPSA) is 92.4 Å². The van der Waals surface area contributed by atoms with Gasteiger partial charge in [0.25, 0.3) is 0 Å². The summed E-state index contributed by atoms with van der Waals surface area (Å²) in [6.07, 6.45) is 3.78. The molecule has 0 aromatic heterocycles. The average Bonchev–Trinajstić information content (AvgIpc) is 2.91. The number of nitrogen functional groups attached to an aromatic ring is 1. The maximum absolute atomic E-state index is 12.6. The lowest BCUT2D eigenvalue weighted by Gasteiger charge is -2.27. The number of aliphatic hydroxyl groups is 1. The van der Waals surface area contributed by atoms with Crippen LogP contribution in [0.25, 0.3) is 0 Å². The van der Waals surface area contributed by atoms with E-state index in [0.29, 0.717) is 11.3 Å². The summed E-state index contributed by atoms with van der Waals surface area (Å²) in [4.78, 5) is 0.161.